The summed E-state index contributed by atoms with van der Waals surface area (Å²) in [6, 6.07) is 8.00. The van der Waals surface area contributed by atoms with Crippen LogP contribution in [-0.2, 0) is 16.0 Å². The van der Waals surface area contributed by atoms with E-state index in [1.807, 2.05) is 12.1 Å². The number of ether oxygens (including phenoxy) is 1. The Hall–Kier alpha value is -2.56. The monoisotopic (exact) mass is 343 g/mol. The molecule has 0 aliphatic heterocycles. The van der Waals surface area contributed by atoms with Crippen LogP contribution in [0.1, 0.15) is 42.5 Å². The Morgan fingerprint density at radius 2 is 2.16 bits per heavy atom. The van der Waals surface area contributed by atoms with E-state index in [1.54, 1.807) is 19.2 Å². The number of aromatic nitrogens is 1. The van der Waals surface area contributed by atoms with Crippen molar-refractivity contribution in [3.8, 4) is 0 Å². The number of pyridine rings is 1. The molecule has 130 valence electrons. The summed E-state index contributed by atoms with van der Waals surface area (Å²) in [6.45, 7) is 2.05. The highest BCUT2D eigenvalue weighted by Crippen LogP contribution is 2.37. The van der Waals surface area contributed by atoms with Gasteiger partial charge in [-0.25, -0.2) is 13.6 Å². The van der Waals surface area contributed by atoms with Gasteiger partial charge in [0.25, 0.3) is 0 Å². The maximum Gasteiger partial charge on any atom is 0.331 e. The van der Waals surface area contributed by atoms with Gasteiger partial charge in [-0.1, -0.05) is 18.2 Å². The number of rotatable bonds is 3. The third kappa shape index (κ3) is 3.76. The summed E-state index contributed by atoms with van der Waals surface area (Å²) in [4.78, 5) is 16.2. The van der Waals surface area contributed by atoms with E-state index in [4.69, 9.17) is 4.74 Å². The van der Waals surface area contributed by atoms with E-state index in [-0.39, 0.29) is 5.92 Å². The van der Waals surface area contributed by atoms with Crippen LogP contribution in [0.25, 0.3) is 5.57 Å². The molecule has 0 N–H and O–H groups in total. The van der Waals surface area contributed by atoms with E-state index in [0.29, 0.717) is 31.4 Å². The van der Waals surface area contributed by atoms with Crippen LogP contribution in [0.3, 0.4) is 0 Å². The Kier molecular flexibility index (Phi) is 5.22. The number of carbonyl (C=O) groups excluding carboxylic acids is 1. The lowest BCUT2D eigenvalue weighted by molar-refractivity contribution is -0.137. The summed E-state index contributed by atoms with van der Waals surface area (Å²) in [7, 11) is 0. The summed E-state index contributed by atoms with van der Waals surface area (Å²) in [5, 5.41) is 0. The molecule has 0 bridgehead atoms. The van der Waals surface area contributed by atoms with Gasteiger partial charge in [-0.2, -0.15) is 0 Å². The van der Waals surface area contributed by atoms with Gasteiger partial charge in [0.05, 0.1) is 12.3 Å². The largest absolute Gasteiger partial charge is 0.463 e. The standard InChI is InChI=1S/C20H19F2NO2/c1-2-25-18(24)12-15-9-8-13(11-14-5-4-10-23-20(14)15)16-6-3-7-17(21)19(16)22/h3-7,10,12-13H,2,8-9,11H2,1H3. The van der Waals surface area contributed by atoms with Crippen LogP contribution < -0.4 is 0 Å². The first-order chi connectivity index (χ1) is 12.1. The van der Waals surface area contributed by atoms with E-state index in [1.165, 1.54) is 12.1 Å². The molecule has 3 nitrogen and oxygen atoms in total. The van der Waals surface area contributed by atoms with E-state index >= 15 is 0 Å². The van der Waals surface area contributed by atoms with Crippen molar-refractivity contribution >= 4 is 11.5 Å². The van der Waals surface area contributed by atoms with Gasteiger partial charge < -0.3 is 4.74 Å². The number of esters is 1. The van der Waals surface area contributed by atoms with E-state index in [9.17, 15) is 13.6 Å². The highest BCUT2D eigenvalue weighted by Gasteiger charge is 2.25. The maximum atomic E-state index is 14.2. The first-order valence-corrected chi connectivity index (χ1v) is 8.35. The van der Waals surface area contributed by atoms with Gasteiger partial charge in [-0.15, -0.1) is 0 Å². The number of nitrogens with zero attached hydrogens (tertiary/aromatic N) is 1. The second kappa shape index (κ2) is 7.55. The quantitative estimate of drug-likeness (QED) is 0.470. The predicted octanol–water partition coefficient (Wildman–Crippen LogP) is 4.43. The molecule has 0 saturated heterocycles. The molecule has 2 aromatic rings. The Labute approximate surface area is 145 Å². The zero-order chi connectivity index (χ0) is 17.8. The molecule has 1 unspecified atom stereocenters. The van der Waals surface area contributed by atoms with Crippen LogP contribution in [0.4, 0.5) is 8.78 Å². The van der Waals surface area contributed by atoms with Crippen LogP contribution in [0.5, 0.6) is 0 Å². The minimum Gasteiger partial charge on any atom is -0.463 e. The Morgan fingerprint density at radius 3 is 2.96 bits per heavy atom. The zero-order valence-electron chi connectivity index (χ0n) is 14.0. The Bertz CT molecular complexity index is 817. The minimum absolute atomic E-state index is 0.174. The lowest BCUT2D eigenvalue weighted by Gasteiger charge is -2.16. The molecule has 0 amide bonds. The van der Waals surface area contributed by atoms with Gasteiger partial charge in [-0.3, -0.25) is 4.98 Å². The molecule has 0 radical (unpaired) electrons. The molecule has 1 aliphatic rings. The van der Waals surface area contributed by atoms with Crippen molar-refractivity contribution in [1.82, 2.24) is 4.98 Å². The molecule has 1 heterocycles. The average molecular weight is 343 g/mol. The van der Waals surface area contributed by atoms with Crippen LogP contribution in [-0.4, -0.2) is 17.6 Å². The SMILES string of the molecule is CCOC(=O)C=C1CCC(c2cccc(F)c2F)Cc2cccnc21. The van der Waals surface area contributed by atoms with Crippen LogP contribution >= 0.6 is 0 Å². The summed E-state index contributed by atoms with van der Waals surface area (Å²) in [6.07, 6.45) is 4.82. The number of allylic oxidation sites excluding steroid dienone is 1. The van der Waals surface area contributed by atoms with Crippen molar-refractivity contribution < 1.29 is 18.3 Å². The second-order valence-electron chi connectivity index (χ2n) is 6.02. The fraction of sp³-hybridized carbons (Fsp3) is 0.300. The highest BCUT2D eigenvalue weighted by atomic mass is 19.2. The summed E-state index contributed by atoms with van der Waals surface area (Å²) in [5.74, 6) is -2.22. The van der Waals surface area contributed by atoms with Crippen molar-refractivity contribution in [3.05, 3.63) is 71.1 Å². The Morgan fingerprint density at radius 1 is 1.32 bits per heavy atom. The summed E-state index contributed by atoms with van der Waals surface area (Å²) in [5.41, 5.74) is 2.79. The van der Waals surface area contributed by atoms with Crippen LogP contribution in [0.2, 0.25) is 0 Å². The number of halogens is 2. The van der Waals surface area contributed by atoms with Gasteiger partial charge in [0.15, 0.2) is 11.6 Å². The van der Waals surface area contributed by atoms with Crippen LogP contribution in [0.15, 0.2) is 42.6 Å². The van der Waals surface area contributed by atoms with Gasteiger partial charge >= 0.3 is 5.97 Å². The first kappa shape index (κ1) is 17.3. The molecular weight excluding hydrogens is 324 g/mol. The normalized spacial score (nSPS) is 18.5. The fourth-order valence-corrected chi connectivity index (χ4v) is 3.28. The van der Waals surface area contributed by atoms with E-state index < -0.39 is 17.6 Å². The average Bonchev–Trinajstić information content (AvgIpc) is 2.78. The maximum absolute atomic E-state index is 14.2. The number of carbonyl (C=O) groups is 1. The van der Waals surface area contributed by atoms with Gasteiger partial charge in [0.2, 0.25) is 0 Å². The molecule has 5 heteroatoms. The third-order valence-electron chi connectivity index (χ3n) is 4.42. The molecule has 3 rings (SSSR count). The lowest BCUT2D eigenvalue weighted by atomic mass is 9.90. The minimum atomic E-state index is -0.838. The third-order valence-corrected chi connectivity index (χ3v) is 4.42. The molecule has 1 aromatic carbocycles. The Balaban J connectivity index is 1.98. The van der Waals surface area contributed by atoms with Gasteiger partial charge in [0.1, 0.15) is 0 Å². The molecule has 0 saturated carbocycles. The molecule has 0 fully saturated rings. The summed E-state index contributed by atoms with van der Waals surface area (Å²) < 4.78 is 32.8. The first-order valence-electron chi connectivity index (χ1n) is 8.35. The molecule has 1 aromatic heterocycles. The molecule has 25 heavy (non-hydrogen) atoms. The highest BCUT2D eigenvalue weighted by molar-refractivity contribution is 5.91. The number of hydrogen-bond acceptors (Lipinski definition) is 3. The van der Waals surface area contributed by atoms with E-state index in [2.05, 4.69) is 4.98 Å². The predicted molar refractivity (Wildman–Crippen MR) is 90.9 cm³/mol. The van der Waals surface area contributed by atoms with Crippen LogP contribution in [0, 0.1) is 11.6 Å². The van der Waals surface area contributed by atoms with Gasteiger partial charge in [0, 0.05) is 12.3 Å². The van der Waals surface area contributed by atoms with E-state index in [0.717, 1.165) is 22.9 Å². The zero-order valence-corrected chi connectivity index (χ0v) is 14.0. The molecule has 1 aliphatic carbocycles. The van der Waals surface area contributed by atoms with Gasteiger partial charge in [-0.05, 0) is 60.9 Å². The van der Waals surface area contributed by atoms with Crippen molar-refractivity contribution in [3.63, 3.8) is 0 Å². The van der Waals surface area contributed by atoms with Crippen molar-refractivity contribution in [2.24, 2.45) is 0 Å². The molecule has 1 atom stereocenters. The molecule has 0 spiro atoms. The number of benzene rings is 1. The number of hydrogen-bond donors (Lipinski definition) is 0. The molecular formula is C20H19F2NO2. The van der Waals surface area contributed by atoms with Crippen molar-refractivity contribution in [1.29, 1.82) is 0 Å². The number of fused-ring (bicyclic) bond motifs is 1. The lowest BCUT2D eigenvalue weighted by Crippen LogP contribution is -2.06. The fourth-order valence-electron chi connectivity index (χ4n) is 3.28. The van der Waals surface area contributed by atoms with Crippen molar-refractivity contribution in [2.45, 2.75) is 32.1 Å². The second-order valence-corrected chi connectivity index (χ2v) is 6.02. The smallest absolute Gasteiger partial charge is 0.331 e. The van der Waals surface area contributed by atoms with Crippen molar-refractivity contribution in [2.75, 3.05) is 6.61 Å². The topological polar surface area (TPSA) is 39.2 Å². The summed E-state index contributed by atoms with van der Waals surface area (Å²) >= 11 is 0.